The summed E-state index contributed by atoms with van der Waals surface area (Å²) >= 11 is 6.04. The molecule has 9 heteroatoms. The van der Waals surface area contributed by atoms with Crippen molar-refractivity contribution in [2.45, 2.75) is 44.0 Å². The van der Waals surface area contributed by atoms with Crippen LogP contribution >= 0.6 is 11.6 Å². The highest BCUT2D eigenvalue weighted by Crippen LogP contribution is 2.31. The first-order valence-corrected chi connectivity index (χ1v) is 10.1. The number of benzene rings is 1. The Balaban J connectivity index is 2.42. The van der Waals surface area contributed by atoms with Crippen LogP contribution in [0.25, 0.3) is 0 Å². The molecule has 1 amide bonds. The van der Waals surface area contributed by atoms with Gasteiger partial charge in [0.15, 0.2) is 0 Å². The van der Waals surface area contributed by atoms with Gasteiger partial charge in [-0.15, -0.1) is 0 Å². The van der Waals surface area contributed by atoms with Gasteiger partial charge in [0.1, 0.15) is 10.7 Å². The molecule has 0 radical (unpaired) electrons. The lowest BCUT2D eigenvalue weighted by atomic mass is 10.1. The van der Waals surface area contributed by atoms with Gasteiger partial charge < -0.3 is 10.6 Å². The van der Waals surface area contributed by atoms with Gasteiger partial charge in [0.25, 0.3) is 0 Å². The minimum atomic E-state index is -4.03. The molecule has 1 fully saturated rings. The topological polar surface area (TPSA) is 78.5 Å². The molecule has 1 aromatic rings. The minimum Gasteiger partial charge on any atom is -0.325 e. The number of hydrogen-bond acceptors (Lipinski definition) is 4. The fourth-order valence-electron chi connectivity index (χ4n) is 2.95. The van der Waals surface area contributed by atoms with Crippen LogP contribution < -0.4 is 10.6 Å². The molecule has 1 aliphatic rings. The molecule has 0 atom stereocenters. The maximum atomic E-state index is 14.5. The molecule has 0 aliphatic carbocycles. The Morgan fingerprint density at radius 1 is 1.40 bits per heavy atom. The van der Waals surface area contributed by atoms with E-state index in [2.05, 4.69) is 10.6 Å². The van der Waals surface area contributed by atoms with E-state index in [0.717, 1.165) is 25.2 Å². The summed E-state index contributed by atoms with van der Waals surface area (Å²) in [6.07, 6.45) is 1.99. The summed E-state index contributed by atoms with van der Waals surface area (Å²) in [6, 6.07) is 1.85. The van der Waals surface area contributed by atoms with Gasteiger partial charge in [-0.1, -0.05) is 18.5 Å². The monoisotopic (exact) mass is 391 g/mol. The Labute approximate surface area is 152 Å². The standard InChI is InChI=1S/C16H23ClFN3O3S/c1-3-8-21(12-4-6-19-7-5-12)25(23,24)16-9-13(17)15(10-14(16)18)20-11(2)22/h9-10,12,19H,3-8H2,1-2H3,(H,20,22). The second-order valence-corrected chi connectivity index (χ2v) is 8.31. The number of nitrogens with one attached hydrogen (secondary N) is 2. The normalized spacial score (nSPS) is 16.2. The first kappa shape index (κ1) is 20.1. The van der Waals surface area contributed by atoms with E-state index in [1.807, 2.05) is 6.92 Å². The summed E-state index contributed by atoms with van der Waals surface area (Å²) in [5.74, 6) is -1.34. The van der Waals surface area contributed by atoms with Crippen LogP contribution in [0.2, 0.25) is 5.02 Å². The molecule has 140 valence electrons. The summed E-state index contributed by atoms with van der Waals surface area (Å²) < 4.78 is 42.0. The van der Waals surface area contributed by atoms with Crippen molar-refractivity contribution in [3.8, 4) is 0 Å². The van der Waals surface area contributed by atoms with Crippen molar-refractivity contribution < 1.29 is 17.6 Å². The van der Waals surface area contributed by atoms with Gasteiger partial charge in [-0.3, -0.25) is 4.79 Å². The van der Waals surface area contributed by atoms with Crippen molar-refractivity contribution in [2.24, 2.45) is 0 Å². The van der Waals surface area contributed by atoms with Crippen LogP contribution in [0.4, 0.5) is 10.1 Å². The average Bonchev–Trinajstić information content (AvgIpc) is 2.55. The van der Waals surface area contributed by atoms with Gasteiger partial charge in [0.2, 0.25) is 15.9 Å². The van der Waals surface area contributed by atoms with Crippen LogP contribution in [0.3, 0.4) is 0 Å². The van der Waals surface area contributed by atoms with E-state index >= 15 is 0 Å². The highest BCUT2D eigenvalue weighted by atomic mass is 35.5. The Hall–Kier alpha value is -1.22. The van der Waals surface area contributed by atoms with Crippen LogP contribution in [-0.2, 0) is 14.8 Å². The van der Waals surface area contributed by atoms with Crippen LogP contribution in [0.1, 0.15) is 33.1 Å². The van der Waals surface area contributed by atoms with E-state index in [9.17, 15) is 17.6 Å². The third-order valence-corrected chi connectivity index (χ3v) is 6.36. The molecular formula is C16H23ClFN3O3S. The van der Waals surface area contributed by atoms with E-state index in [1.165, 1.54) is 11.2 Å². The number of nitrogens with zero attached hydrogens (tertiary/aromatic N) is 1. The first-order valence-electron chi connectivity index (χ1n) is 8.26. The van der Waals surface area contributed by atoms with E-state index in [0.29, 0.717) is 25.8 Å². The molecule has 2 rings (SSSR count). The third kappa shape index (κ3) is 4.69. The predicted molar refractivity (Wildman–Crippen MR) is 95.8 cm³/mol. The van der Waals surface area contributed by atoms with E-state index < -0.39 is 26.6 Å². The van der Waals surface area contributed by atoms with Crippen molar-refractivity contribution in [1.29, 1.82) is 0 Å². The molecule has 2 N–H and O–H groups in total. The Morgan fingerprint density at radius 2 is 2.04 bits per heavy atom. The van der Waals surface area contributed by atoms with Crippen molar-refractivity contribution in [3.05, 3.63) is 23.0 Å². The highest BCUT2D eigenvalue weighted by molar-refractivity contribution is 7.89. The van der Waals surface area contributed by atoms with Gasteiger partial charge in [0.05, 0.1) is 10.7 Å². The number of amides is 1. The molecule has 1 saturated heterocycles. The van der Waals surface area contributed by atoms with Crippen LogP contribution in [0, 0.1) is 5.82 Å². The van der Waals surface area contributed by atoms with Gasteiger partial charge in [-0.2, -0.15) is 4.31 Å². The molecule has 1 aromatic carbocycles. The van der Waals surface area contributed by atoms with E-state index in [-0.39, 0.29) is 16.8 Å². The Bertz CT molecular complexity index is 736. The lowest BCUT2D eigenvalue weighted by molar-refractivity contribution is -0.114. The van der Waals surface area contributed by atoms with E-state index in [4.69, 9.17) is 11.6 Å². The van der Waals surface area contributed by atoms with Crippen molar-refractivity contribution in [3.63, 3.8) is 0 Å². The number of piperidine rings is 1. The quantitative estimate of drug-likeness (QED) is 0.781. The number of anilines is 1. The summed E-state index contributed by atoms with van der Waals surface area (Å²) in [5, 5.41) is 5.56. The first-order chi connectivity index (χ1) is 11.8. The zero-order valence-corrected chi connectivity index (χ0v) is 15.9. The molecule has 25 heavy (non-hydrogen) atoms. The molecule has 0 bridgehead atoms. The highest BCUT2D eigenvalue weighted by Gasteiger charge is 2.34. The smallest absolute Gasteiger partial charge is 0.246 e. The van der Waals surface area contributed by atoms with Gasteiger partial charge in [-0.25, -0.2) is 12.8 Å². The third-order valence-electron chi connectivity index (χ3n) is 4.08. The number of rotatable bonds is 6. The number of hydrogen-bond donors (Lipinski definition) is 2. The minimum absolute atomic E-state index is 0.0167. The molecule has 1 aliphatic heterocycles. The largest absolute Gasteiger partial charge is 0.325 e. The number of sulfonamides is 1. The van der Waals surface area contributed by atoms with Gasteiger partial charge in [0, 0.05) is 25.6 Å². The molecule has 0 spiro atoms. The molecule has 0 saturated carbocycles. The fourth-order valence-corrected chi connectivity index (χ4v) is 5.08. The SMILES string of the molecule is CCCN(C1CCNCC1)S(=O)(=O)c1cc(Cl)c(NC(C)=O)cc1F. The summed E-state index contributed by atoms with van der Waals surface area (Å²) in [6.45, 7) is 4.92. The number of carbonyl (C=O) groups is 1. The van der Waals surface area contributed by atoms with Crippen LogP contribution in [0.5, 0.6) is 0 Å². The van der Waals surface area contributed by atoms with Crippen LogP contribution in [-0.4, -0.2) is 44.3 Å². The van der Waals surface area contributed by atoms with Crippen LogP contribution in [0.15, 0.2) is 17.0 Å². The second-order valence-electron chi connectivity index (χ2n) is 6.04. The van der Waals surface area contributed by atoms with Crippen molar-refractivity contribution in [2.75, 3.05) is 25.0 Å². The molecule has 6 nitrogen and oxygen atoms in total. The predicted octanol–water partition coefficient (Wildman–Crippen LogP) is 2.59. The Kier molecular flexibility index (Phi) is 6.79. The maximum Gasteiger partial charge on any atom is 0.246 e. The lowest BCUT2D eigenvalue weighted by Crippen LogP contribution is -2.46. The summed E-state index contributed by atoms with van der Waals surface area (Å²) in [4.78, 5) is 10.7. The van der Waals surface area contributed by atoms with Gasteiger partial charge in [-0.05, 0) is 38.4 Å². The average molecular weight is 392 g/mol. The number of halogens is 2. The molecular weight excluding hydrogens is 369 g/mol. The molecule has 1 heterocycles. The second kappa shape index (κ2) is 8.44. The summed E-state index contributed by atoms with van der Waals surface area (Å²) in [5.41, 5.74) is 0.0505. The Morgan fingerprint density at radius 3 is 2.60 bits per heavy atom. The fraction of sp³-hybridized carbons (Fsp3) is 0.562. The number of carbonyl (C=O) groups excluding carboxylic acids is 1. The molecule has 0 aromatic heterocycles. The van der Waals surface area contributed by atoms with Crippen molar-refractivity contribution in [1.82, 2.24) is 9.62 Å². The molecule has 0 unspecified atom stereocenters. The zero-order chi connectivity index (χ0) is 18.6. The lowest BCUT2D eigenvalue weighted by Gasteiger charge is -2.33. The van der Waals surface area contributed by atoms with E-state index in [1.54, 1.807) is 0 Å². The zero-order valence-electron chi connectivity index (χ0n) is 14.3. The van der Waals surface area contributed by atoms with Crippen molar-refractivity contribution >= 4 is 33.2 Å². The van der Waals surface area contributed by atoms with Gasteiger partial charge >= 0.3 is 0 Å². The summed E-state index contributed by atoms with van der Waals surface area (Å²) in [7, 11) is -4.03. The maximum absolute atomic E-state index is 14.5.